The predicted molar refractivity (Wildman–Crippen MR) is 166 cm³/mol. The second-order valence-corrected chi connectivity index (χ2v) is 11.7. The van der Waals surface area contributed by atoms with Gasteiger partial charge in [-0.2, -0.15) is 14.0 Å². The van der Waals surface area contributed by atoms with Gasteiger partial charge in [0.1, 0.15) is 0 Å². The number of unbranched alkanes of at least 4 members (excludes halogenated alkanes) is 2. The number of allylic oxidation sites excluding steroid dienone is 1. The first-order valence-corrected chi connectivity index (χ1v) is 14.9. The molecule has 1 unspecified atom stereocenters. The third-order valence-corrected chi connectivity index (χ3v) is 7.96. The molecule has 1 amide bonds. The predicted octanol–water partition coefficient (Wildman–Crippen LogP) is 5.23. The van der Waals surface area contributed by atoms with E-state index in [4.69, 9.17) is 10.8 Å². The summed E-state index contributed by atoms with van der Waals surface area (Å²) in [6, 6.07) is 8.25. The third kappa shape index (κ3) is 7.25. The van der Waals surface area contributed by atoms with Gasteiger partial charge >= 0.3 is 0 Å². The molecule has 1 saturated heterocycles. The van der Waals surface area contributed by atoms with Gasteiger partial charge in [-0.25, -0.2) is 4.98 Å². The van der Waals surface area contributed by atoms with Crippen LogP contribution in [0.1, 0.15) is 81.2 Å². The van der Waals surface area contributed by atoms with Gasteiger partial charge in [0.2, 0.25) is 11.7 Å². The second-order valence-electron chi connectivity index (χ2n) is 11.7. The molecular weight excluding hydrogens is 517 g/mol. The number of nitrogens with zero attached hydrogens (tertiary/aromatic N) is 5. The molecule has 1 aliphatic heterocycles. The van der Waals surface area contributed by atoms with Gasteiger partial charge in [-0.05, 0) is 37.8 Å². The lowest BCUT2D eigenvalue weighted by Gasteiger charge is -2.38. The van der Waals surface area contributed by atoms with Crippen molar-refractivity contribution in [2.45, 2.75) is 78.2 Å². The summed E-state index contributed by atoms with van der Waals surface area (Å²) in [6.45, 7) is 14.4. The number of likely N-dealkylation sites (N-methyl/N-ethyl adjacent to an activating group) is 1. The van der Waals surface area contributed by atoms with E-state index in [0.717, 1.165) is 35.2 Å². The highest BCUT2D eigenvalue weighted by molar-refractivity contribution is 5.76. The molecule has 0 saturated carbocycles. The summed E-state index contributed by atoms with van der Waals surface area (Å²) < 4.78 is 17.6. The Morgan fingerprint density at radius 2 is 2.05 bits per heavy atom. The van der Waals surface area contributed by atoms with Crippen molar-refractivity contribution in [1.29, 1.82) is 0 Å². The fraction of sp³-hybridized carbons (Fsp3) is 0.531. The third-order valence-electron chi connectivity index (χ3n) is 7.96. The molecule has 2 aromatic heterocycles. The van der Waals surface area contributed by atoms with Crippen molar-refractivity contribution in [1.82, 2.24) is 19.9 Å². The molecule has 41 heavy (non-hydrogen) atoms. The highest BCUT2D eigenvalue weighted by Crippen LogP contribution is 2.32. The maximum atomic E-state index is 16.0. The minimum absolute atomic E-state index is 0.0225. The van der Waals surface area contributed by atoms with E-state index >= 15 is 4.39 Å². The molecule has 8 nitrogen and oxygen atoms in total. The van der Waals surface area contributed by atoms with Crippen molar-refractivity contribution in [3.8, 4) is 0 Å². The number of carbonyl (C=O) groups is 1. The molecule has 3 N–H and O–H groups in total. The zero-order valence-electron chi connectivity index (χ0n) is 25.3. The van der Waals surface area contributed by atoms with Gasteiger partial charge in [-0.3, -0.25) is 4.79 Å². The Labute approximate surface area is 243 Å². The molecule has 0 radical (unpaired) electrons. The number of benzene rings is 1. The van der Waals surface area contributed by atoms with E-state index in [2.05, 4.69) is 55.9 Å². The average molecular weight is 564 g/mol. The van der Waals surface area contributed by atoms with Gasteiger partial charge in [0.25, 0.3) is 0 Å². The van der Waals surface area contributed by atoms with Gasteiger partial charge < -0.3 is 20.9 Å². The smallest absolute Gasteiger partial charge is 0.220 e. The molecule has 4 rings (SSSR count). The Balaban J connectivity index is 1.45. The van der Waals surface area contributed by atoms with Crippen LogP contribution in [0.3, 0.4) is 0 Å². The van der Waals surface area contributed by atoms with Crippen LogP contribution in [0.15, 0.2) is 30.8 Å². The summed E-state index contributed by atoms with van der Waals surface area (Å²) in [4.78, 5) is 21.0. The number of aryl methyl sites for hydroxylation is 2. The fourth-order valence-electron chi connectivity index (χ4n) is 5.40. The van der Waals surface area contributed by atoms with Crippen LogP contribution in [0.5, 0.6) is 0 Å². The molecule has 3 aromatic rings. The summed E-state index contributed by atoms with van der Waals surface area (Å²) in [5, 5.41) is 7.80. The summed E-state index contributed by atoms with van der Waals surface area (Å²) in [5.74, 6) is 0.449. The molecule has 3 heterocycles. The number of nitrogens with one attached hydrogen (secondary N) is 1. The van der Waals surface area contributed by atoms with Crippen molar-refractivity contribution in [3.63, 3.8) is 0 Å². The topological polar surface area (TPSA) is 91.8 Å². The van der Waals surface area contributed by atoms with Crippen molar-refractivity contribution >= 4 is 28.8 Å². The standard InChI is InChI=1S/C32H46FN7O/c1-7-8-9-10-23(5)27-18-28-36-31(39-19-25(34)20-39)30(33)32(40(28)37-27)38(6)16-15-35-29(41)14-13-24-12-11-22(4)17-26(24)21(2)3/h11-12,17-18,23,25H,2,7-10,13-16,19-20,34H2,1,3-6H3,(H,35,41). The highest BCUT2D eigenvalue weighted by Gasteiger charge is 2.31. The summed E-state index contributed by atoms with van der Waals surface area (Å²) in [5.41, 5.74) is 11.9. The SMILES string of the molecule is C=C(C)c1cc(C)ccc1CCC(=O)NCCN(C)c1c(F)c(N2CC(N)C2)nc2cc(C(C)CCCCC)nn12. The van der Waals surface area contributed by atoms with Crippen LogP contribution in [0.2, 0.25) is 0 Å². The molecule has 1 aromatic carbocycles. The van der Waals surface area contributed by atoms with Gasteiger partial charge in [0.15, 0.2) is 17.3 Å². The number of aromatic nitrogens is 3. The zero-order valence-corrected chi connectivity index (χ0v) is 25.3. The Bertz CT molecular complexity index is 1380. The maximum absolute atomic E-state index is 16.0. The van der Waals surface area contributed by atoms with E-state index in [1.165, 1.54) is 18.4 Å². The number of hydrogen-bond donors (Lipinski definition) is 2. The van der Waals surface area contributed by atoms with E-state index in [0.29, 0.717) is 56.3 Å². The monoisotopic (exact) mass is 563 g/mol. The van der Waals surface area contributed by atoms with Crippen LogP contribution in [0.4, 0.5) is 16.0 Å². The number of rotatable bonds is 14. The second kappa shape index (κ2) is 13.5. The Morgan fingerprint density at radius 1 is 1.29 bits per heavy atom. The molecule has 0 spiro atoms. The lowest BCUT2D eigenvalue weighted by molar-refractivity contribution is -0.120. The van der Waals surface area contributed by atoms with E-state index in [9.17, 15) is 4.79 Å². The Kier molecular flexibility index (Phi) is 10.0. The number of fused-ring (bicyclic) bond motifs is 1. The van der Waals surface area contributed by atoms with E-state index in [1.54, 1.807) is 4.52 Å². The van der Waals surface area contributed by atoms with Crippen LogP contribution < -0.4 is 20.9 Å². The molecule has 1 atom stereocenters. The van der Waals surface area contributed by atoms with E-state index < -0.39 is 5.82 Å². The first kappa shape index (κ1) is 30.5. The normalized spacial score (nSPS) is 14.3. The van der Waals surface area contributed by atoms with Crippen LogP contribution >= 0.6 is 0 Å². The number of amides is 1. The molecule has 0 bridgehead atoms. The number of nitrogens with two attached hydrogens (primary N) is 1. The highest BCUT2D eigenvalue weighted by atomic mass is 19.1. The first-order chi connectivity index (χ1) is 19.6. The Hall–Kier alpha value is -3.46. The number of anilines is 2. The first-order valence-electron chi connectivity index (χ1n) is 14.9. The molecule has 222 valence electrons. The van der Waals surface area contributed by atoms with Gasteiger partial charge in [0, 0.05) is 57.7 Å². The minimum Gasteiger partial charge on any atom is -0.355 e. The van der Waals surface area contributed by atoms with Crippen molar-refractivity contribution in [2.75, 3.05) is 43.0 Å². The van der Waals surface area contributed by atoms with E-state index in [-0.39, 0.29) is 17.9 Å². The summed E-state index contributed by atoms with van der Waals surface area (Å²) >= 11 is 0. The summed E-state index contributed by atoms with van der Waals surface area (Å²) in [7, 11) is 1.83. The quantitative estimate of drug-likeness (QED) is 0.261. The lowest BCUT2D eigenvalue weighted by atomic mass is 9.96. The van der Waals surface area contributed by atoms with Crippen LogP contribution in [-0.2, 0) is 11.2 Å². The minimum atomic E-state index is -0.418. The lowest BCUT2D eigenvalue weighted by Crippen LogP contribution is -2.56. The largest absolute Gasteiger partial charge is 0.355 e. The fourth-order valence-corrected chi connectivity index (χ4v) is 5.40. The number of carbonyl (C=O) groups excluding carboxylic acids is 1. The molecular formula is C32H46FN7O. The van der Waals surface area contributed by atoms with Crippen LogP contribution in [0.25, 0.3) is 11.2 Å². The van der Waals surface area contributed by atoms with Crippen molar-refractivity contribution < 1.29 is 9.18 Å². The number of hydrogen-bond acceptors (Lipinski definition) is 6. The summed E-state index contributed by atoms with van der Waals surface area (Å²) in [6.07, 6.45) is 5.52. The molecule has 1 aliphatic rings. The van der Waals surface area contributed by atoms with Crippen LogP contribution in [0, 0.1) is 12.7 Å². The molecule has 1 fully saturated rings. The maximum Gasteiger partial charge on any atom is 0.220 e. The van der Waals surface area contributed by atoms with Crippen molar-refractivity contribution in [2.24, 2.45) is 5.73 Å². The molecule has 9 heteroatoms. The van der Waals surface area contributed by atoms with Crippen LogP contribution in [-0.4, -0.2) is 59.8 Å². The van der Waals surface area contributed by atoms with Gasteiger partial charge in [-0.15, -0.1) is 0 Å². The Morgan fingerprint density at radius 3 is 2.73 bits per heavy atom. The number of halogens is 1. The zero-order chi connectivity index (χ0) is 29.7. The van der Waals surface area contributed by atoms with E-state index in [1.807, 2.05) is 29.8 Å². The van der Waals surface area contributed by atoms with Gasteiger partial charge in [-0.1, -0.05) is 69.0 Å². The molecule has 0 aliphatic carbocycles. The average Bonchev–Trinajstić information content (AvgIpc) is 3.34. The van der Waals surface area contributed by atoms with Gasteiger partial charge in [0.05, 0.1) is 5.69 Å². The van der Waals surface area contributed by atoms with Crippen molar-refractivity contribution in [3.05, 3.63) is 59.0 Å².